The van der Waals surface area contributed by atoms with Crippen molar-refractivity contribution in [3.63, 3.8) is 0 Å². The van der Waals surface area contributed by atoms with Gasteiger partial charge in [0.25, 0.3) is 0 Å². The smallest absolute Gasteiger partial charge is 0.383 e. The van der Waals surface area contributed by atoms with E-state index in [9.17, 15) is 26.7 Å². The minimum atomic E-state index is -5.91. The maximum Gasteiger partial charge on any atom is 0.463 e. The maximum absolute atomic E-state index is 13.1. The van der Waals surface area contributed by atoms with Gasteiger partial charge in [-0.05, 0) is 11.4 Å². The molecular formula is C11H12F5NO2S. The summed E-state index contributed by atoms with van der Waals surface area (Å²) >= 11 is 1.16. The van der Waals surface area contributed by atoms with Gasteiger partial charge in [0, 0.05) is 18.5 Å². The van der Waals surface area contributed by atoms with Crippen LogP contribution in [0.3, 0.4) is 0 Å². The number of halogens is 5. The Morgan fingerprint density at radius 2 is 2.00 bits per heavy atom. The summed E-state index contributed by atoms with van der Waals surface area (Å²) in [5.41, 5.74) is 0. The Kier molecular flexibility index (Phi) is 5.46. The molecular weight excluding hydrogens is 305 g/mol. The molecule has 0 aliphatic carbocycles. The first-order valence-corrected chi connectivity index (χ1v) is 6.33. The highest BCUT2D eigenvalue weighted by atomic mass is 32.1. The molecule has 0 aliphatic rings. The molecule has 0 atom stereocenters. The fourth-order valence-electron chi connectivity index (χ4n) is 1.36. The molecule has 114 valence electrons. The van der Waals surface area contributed by atoms with Crippen molar-refractivity contribution in [1.82, 2.24) is 4.90 Å². The quantitative estimate of drug-likeness (QED) is 0.755. The van der Waals surface area contributed by atoms with E-state index in [0.29, 0.717) is 9.78 Å². The second-order valence-corrected chi connectivity index (χ2v) is 4.90. The lowest BCUT2D eigenvalue weighted by Gasteiger charge is -2.27. The largest absolute Gasteiger partial charge is 0.463 e. The molecule has 1 aromatic rings. The zero-order chi connectivity index (χ0) is 15.4. The summed E-state index contributed by atoms with van der Waals surface area (Å²) < 4.78 is 67.4. The van der Waals surface area contributed by atoms with Crippen LogP contribution in [0.5, 0.6) is 0 Å². The molecule has 0 bridgehead atoms. The van der Waals surface area contributed by atoms with Crippen molar-refractivity contribution in [2.24, 2.45) is 0 Å². The predicted molar refractivity (Wildman–Crippen MR) is 62.6 cm³/mol. The number of methoxy groups -OCH3 is 1. The fourth-order valence-corrected chi connectivity index (χ4v) is 2.08. The molecule has 0 saturated carbocycles. The van der Waals surface area contributed by atoms with Crippen LogP contribution >= 0.6 is 11.3 Å². The molecule has 1 amide bonds. The van der Waals surface area contributed by atoms with Crippen LogP contribution in [0.15, 0.2) is 17.5 Å². The Morgan fingerprint density at radius 3 is 2.45 bits per heavy atom. The Hall–Kier alpha value is -1.22. The van der Waals surface area contributed by atoms with Gasteiger partial charge in [-0.25, -0.2) is 0 Å². The molecule has 9 heteroatoms. The average molecular weight is 317 g/mol. The van der Waals surface area contributed by atoms with Crippen molar-refractivity contribution < 1.29 is 31.5 Å². The molecule has 0 aromatic carbocycles. The van der Waals surface area contributed by atoms with Gasteiger partial charge >= 0.3 is 18.0 Å². The summed E-state index contributed by atoms with van der Waals surface area (Å²) in [6.45, 7) is -0.796. The lowest BCUT2D eigenvalue weighted by Crippen LogP contribution is -2.52. The number of nitrogens with zero attached hydrogens (tertiary/aromatic N) is 1. The number of carbonyl (C=O) groups is 1. The summed E-state index contributed by atoms with van der Waals surface area (Å²) in [5.74, 6) is -7.67. The first kappa shape index (κ1) is 16.8. The van der Waals surface area contributed by atoms with Crippen molar-refractivity contribution in [2.45, 2.75) is 18.6 Å². The average Bonchev–Trinajstić information content (AvgIpc) is 2.84. The number of hydrogen-bond acceptors (Lipinski definition) is 3. The van der Waals surface area contributed by atoms with Gasteiger partial charge in [-0.15, -0.1) is 11.3 Å². The van der Waals surface area contributed by atoms with E-state index in [0.717, 1.165) is 11.3 Å². The van der Waals surface area contributed by atoms with E-state index in [1.165, 1.54) is 7.11 Å². The highest BCUT2D eigenvalue weighted by Gasteiger charge is 2.64. The van der Waals surface area contributed by atoms with Crippen LogP contribution in [0.25, 0.3) is 0 Å². The molecule has 0 radical (unpaired) electrons. The third-order valence-corrected chi connectivity index (χ3v) is 3.27. The van der Waals surface area contributed by atoms with Crippen LogP contribution < -0.4 is 0 Å². The van der Waals surface area contributed by atoms with Gasteiger partial charge in [0.15, 0.2) is 0 Å². The fraction of sp³-hybridized carbons (Fsp3) is 0.545. The van der Waals surface area contributed by atoms with Gasteiger partial charge in [-0.2, -0.15) is 22.0 Å². The standard InChI is InChI=1S/C11H12F5NO2S/c1-19-5-4-17(7-8-3-2-6-20-8)9(18)10(12,13)11(14,15)16/h2-3,6H,4-5,7H2,1H3. The molecule has 0 saturated heterocycles. The van der Waals surface area contributed by atoms with Gasteiger partial charge in [0.2, 0.25) is 0 Å². The first-order chi connectivity index (χ1) is 9.20. The molecule has 0 spiro atoms. The Balaban J connectivity index is 2.89. The van der Waals surface area contributed by atoms with Gasteiger partial charge in [-0.3, -0.25) is 4.79 Å². The molecule has 0 unspecified atom stereocenters. The van der Waals surface area contributed by atoms with E-state index in [2.05, 4.69) is 4.74 Å². The second-order valence-electron chi connectivity index (χ2n) is 3.87. The zero-order valence-corrected chi connectivity index (χ0v) is 11.2. The Labute approximate surface area is 115 Å². The van der Waals surface area contributed by atoms with E-state index < -0.39 is 18.0 Å². The van der Waals surface area contributed by atoms with Crippen molar-refractivity contribution >= 4 is 17.2 Å². The maximum atomic E-state index is 13.1. The normalized spacial score (nSPS) is 12.5. The minimum Gasteiger partial charge on any atom is -0.383 e. The van der Waals surface area contributed by atoms with Gasteiger partial charge < -0.3 is 9.64 Å². The predicted octanol–water partition coefficient (Wildman–Crippen LogP) is 2.92. The number of ether oxygens (including phenoxy) is 1. The van der Waals surface area contributed by atoms with E-state index in [4.69, 9.17) is 0 Å². The molecule has 1 rings (SSSR count). The molecule has 1 heterocycles. The van der Waals surface area contributed by atoms with Gasteiger partial charge in [0.05, 0.1) is 13.2 Å². The van der Waals surface area contributed by atoms with Crippen molar-refractivity contribution in [1.29, 1.82) is 0 Å². The summed E-state index contributed by atoms with van der Waals surface area (Å²) in [5, 5.41) is 1.64. The van der Waals surface area contributed by atoms with E-state index >= 15 is 0 Å². The number of hydrogen-bond donors (Lipinski definition) is 0. The molecule has 0 fully saturated rings. The van der Waals surface area contributed by atoms with Crippen LogP contribution in [-0.2, 0) is 16.1 Å². The zero-order valence-electron chi connectivity index (χ0n) is 10.4. The number of thiophene rings is 1. The third-order valence-electron chi connectivity index (χ3n) is 2.40. The van der Waals surface area contributed by atoms with E-state index in [1.807, 2.05) is 0 Å². The SMILES string of the molecule is COCCN(Cc1cccs1)C(=O)C(F)(F)C(F)(F)F. The van der Waals surface area contributed by atoms with Crippen molar-refractivity contribution in [3.05, 3.63) is 22.4 Å². The second kappa shape index (κ2) is 6.49. The number of rotatable bonds is 6. The molecule has 1 aromatic heterocycles. The molecule has 20 heavy (non-hydrogen) atoms. The summed E-state index contributed by atoms with van der Waals surface area (Å²) in [6.07, 6.45) is -5.91. The molecule has 0 N–H and O–H groups in total. The topological polar surface area (TPSA) is 29.5 Å². The Morgan fingerprint density at radius 1 is 1.35 bits per heavy atom. The summed E-state index contributed by atoms with van der Waals surface area (Å²) in [4.78, 5) is 12.4. The summed E-state index contributed by atoms with van der Waals surface area (Å²) in [6, 6.07) is 3.16. The Bertz CT molecular complexity index is 433. The van der Waals surface area contributed by atoms with Crippen LogP contribution in [0.1, 0.15) is 4.88 Å². The van der Waals surface area contributed by atoms with E-state index in [-0.39, 0.29) is 19.7 Å². The molecule has 0 aliphatic heterocycles. The number of amides is 1. The first-order valence-electron chi connectivity index (χ1n) is 5.45. The lowest BCUT2D eigenvalue weighted by molar-refractivity contribution is -0.274. The van der Waals surface area contributed by atoms with Crippen LogP contribution in [-0.4, -0.2) is 43.2 Å². The highest BCUT2D eigenvalue weighted by molar-refractivity contribution is 7.09. The van der Waals surface area contributed by atoms with Crippen LogP contribution in [0.2, 0.25) is 0 Å². The number of alkyl halides is 5. The van der Waals surface area contributed by atoms with Crippen molar-refractivity contribution in [2.75, 3.05) is 20.3 Å². The summed E-state index contributed by atoms with van der Waals surface area (Å²) in [7, 11) is 1.26. The number of carbonyl (C=O) groups excluding carboxylic acids is 1. The third kappa shape index (κ3) is 3.89. The lowest BCUT2D eigenvalue weighted by atomic mass is 10.2. The van der Waals surface area contributed by atoms with Crippen LogP contribution in [0, 0.1) is 0 Å². The van der Waals surface area contributed by atoms with Crippen LogP contribution in [0.4, 0.5) is 22.0 Å². The van der Waals surface area contributed by atoms with Gasteiger partial charge in [0.1, 0.15) is 0 Å². The van der Waals surface area contributed by atoms with Crippen molar-refractivity contribution in [3.8, 4) is 0 Å². The monoisotopic (exact) mass is 317 g/mol. The van der Waals surface area contributed by atoms with E-state index in [1.54, 1.807) is 17.5 Å². The minimum absolute atomic E-state index is 0.134. The van der Waals surface area contributed by atoms with Gasteiger partial charge in [-0.1, -0.05) is 6.07 Å². The molecule has 3 nitrogen and oxygen atoms in total. The highest BCUT2D eigenvalue weighted by Crippen LogP contribution is 2.37.